The summed E-state index contributed by atoms with van der Waals surface area (Å²) >= 11 is 0. The van der Waals surface area contributed by atoms with E-state index >= 15 is 0 Å². The average molecular weight is 360 g/mol. The number of methoxy groups -OCH3 is 1. The Morgan fingerprint density at radius 1 is 1.15 bits per heavy atom. The molecule has 0 spiro atoms. The minimum absolute atomic E-state index is 0.104. The molecule has 2 aromatic rings. The molecule has 2 rings (SSSR count). The molecule has 0 heterocycles. The second kappa shape index (κ2) is 8.58. The van der Waals surface area contributed by atoms with E-state index in [-0.39, 0.29) is 30.0 Å². The van der Waals surface area contributed by atoms with Gasteiger partial charge in [0.25, 0.3) is 5.91 Å². The van der Waals surface area contributed by atoms with Crippen molar-refractivity contribution < 1.29 is 27.8 Å². The first-order valence-electron chi connectivity index (χ1n) is 7.46. The number of benzene rings is 2. The van der Waals surface area contributed by atoms with Gasteiger partial charge in [-0.25, -0.2) is 8.78 Å². The molecule has 0 unspecified atom stereocenters. The van der Waals surface area contributed by atoms with Gasteiger partial charge in [-0.05, 0) is 24.3 Å². The largest absolute Gasteiger partial charge is 0.493 e. The van der Waals surface area contributed by atoms with Crippen molar-refractivity contribution in [2.75, 3.05) is 13.7 Å². The van der Waals surface area contributed by atoms with Crippen LogP contribution in [0.1, 0.15) is 22.3 Å². The third kappa shape index (κ3) is 4.77. The van der Waals surface area contributed by atoms with E-state index in [0.29, 0.717) is 11.6 Å². The van der Waals surface area contributed by atoms with E-state index in [0.717, 1.165) is 12.1 Å². The van der Waals surface area contributed by atoms with Gasteiger partial charge in [-0.1, -0.05) is 0 Å². The summed E-state index contributed by atoms with van der Waals surface area (Å²) < 4.78 is 36.5. The molecule has 0 aliphatic rings. The number of rotatable bonds is 6. The molecular weight excluding hydrogens is 346 g/mol. The molecule has 0 bridgehead atoms. The normalized spacial score (nSPS) is 9.92. The predicted molar refractivity (Wildman–Crippen MR) is 86.7 cm³/mol. The average Bonchev–Trinajstić information content (AvgIpc) is 2.61. The van der Waals surface area contributed by atoms with Gasteiger partial charge in [0.2, 0.25) is 0 Å². The van der Waals surface area contributed by atoms with E-state index in [9.17, 15) is 18.4 Å². The van der Waals surface area contributed by atoms with Crippen molar-refractivity contribution in [3.63, 3.8) is 0 Å². The number of carbonyl (C=O) groups is 2. The molecule has 6 nitrogen and oxygen atoms in total. The number of esters is 1. The van der Waals surface area contributed by atoms with Crippen LogP contribution < -0.4 is 14.8 Å². The molecule has 134 valence electrons. The lowest BCUT2D eigenvalue weighted by Crippen LogP contribution is -2.28. The van der Waals surface area contributed by atoms with Crippen molar-refractivity contribution >= 4 is 11.9 Å². The van der Waals surface area contributed by atoms with Gasteiger partial charge in [-0.2, -0.15) is 5.26 Å². The zero-order valence-corrected chi connectivity index (χ0v) is 13.7. The number of hydrogen-bond acceptors (Lipinski definition) is 5. The second-order valence-corrected chi connectivity index (χ2v) is 5.08. The lowest BCUT2D eigenvalue weighted by Gasteiger charge is -2.10. The SMILES string of the molecule is COc1cc(C#N)ccc1OC(=O)CCNC(=O)c1ccc(F)cc1F. The molecule has 2 aromatic carbocycles. The van der Waals surface area contributed by atoms with Crippen LogP contribution >= 0.6 is 0 Å². The molecule has 1 amide bonds. The van der Waals surface area contributed by atoms with Crippen LogP contribution in [0.15, 0.2) is 36.4 Å². The molecule has 0 atom stereocenters. The fourth-order valence-electron chi connectivity index (χ4n) is 2.04. The highest BCUT2D eigenvalue weighted by Gasteiger charge is 2.14. The number of amides is 1. The van der Waals surface area contributed by atoms with E-state index < -0.39 is 23.5 Å². The quantitative estimate of drug-likeness (QED) is 0.632. The van der Waals surface area contributed by atoms with E-state index in [1.54, 1.807) is 0 Å². The van der Waals surface area contributed by atoms with E-state index in [4.69, 9.17) is 14.7 Å². The van der Waals surface area contributed by atoms with Crippen LogP contribution in [-0.2, 0) is 4.79 Å². The minimum Gasteiger partial charge on any atom is -0.493 e. The van der Waals surface area contributed by atoms with E-state index in [1.807, 2.05) is 6.07 Å². The van der Waals surface area contributed by atoms with Crippen LogP contribution in [0.3, 0.4) is 0 Å². The molecule has 1 N–H and O–H groups in total. The topological polar surface area (TPSA) is 88.4 Å². The Morgan fingerprint density at radius 3 is 2.58 bits per heavy atom. The molecule has 0 aromatic heterocycles. The van der Waals surface area contributed by atoms with Crippen LogP contribution in [0, 0.1) is 23.0 Å². The van der Waals surface area contributed by atoms with Crippen molar-refractivity contribution in [2.24, 2.45) is 0 Å². The summed E-state index contributed by atoms with van der Waals surface area (Å²) in [7, 11) is 1.37. The first-order chi connectivity index (χ1) is 12.4. The summed E-state index contributed by atoms with van der Waals surface area (Å²) in [6.45, 7) is -0.104. The van der Waals surface area contributed by atoms with Gasteiger partial charge in [0.1, 0.15) is 11.6 Å². The summed E-state index contributed by atoms with van der Waals surface area (Å²) in [5.74, 6) is -2.87. The maximum atomic E-state index is 13.5. The third-order valence-corrected chi connectivity index (χ3v) is 3.31. The zero-order chi connectivity index (χ0) is 19.1. The van der Waals surface area contributed by atoms with Gasteiger partial charge in [0.15, 0.2) is 11.5 Å². The van der Waals surface area contributed by atoms with Gasteiger partial charge in [0, 0.05) is 18.7 Å². The molecule has 8 heteroatoms. The highest BCUT2D eigenvalue weighted by atomic mass is 19.1. The number of nitrogens with one attached hydrogen (secondary N) is 1. The number of hydrogen-bond donors (Lipinski definition) is 1. The van der Waals surface area contributed by atoms with Crippen molar-refractivity contribution in [3.05, 3.63) is 59.2 Å². The lowest BCUT2D eigenvalue weighted by atomic mass is 10.2. The van der Waals surface area contributed by atoms with Gasteiger partial charge in [-0.15, -0.1) is 0 Å². The molecule has 0 aliphatic carbocycles. The second-order valence-electron chi connectivity index (χ2n) is 5.08. The Bertz CT molecular complexity index is 878. The monoisotopic (exact) mass is 360 g/mol. The first kappa shape index (κ1) is 18.9. The Kier molecular flexibility index (Phi) is 6.22. The first-order valence-corrected chi connectivity index (χ1v) is 7.46. The number of ether oxygens (including phenoxy) is 2. The van der Waals surface area contributed by atoms with Crippen molar-refractivity contribution in [3.8, 4) is 17.6 Å². The molecular formula is C18H14F2N2O4. The van der Waals surface area contributed by atoms with Crippen molar-refractivity contribution in [1.29, 1.82) is 5.26 Å². The highest BCUT2D eigenvalue weighted by Crippen LogP contribution is 2.28. The maximum absolute atomic E-state index is 13.5. The van der Waals surface area contributed by atoms with Gasteiger partial charge < -0.3 is 14.8 Å². The number of nitrogens with zero attached hydrogens (tertiary/aromatic N) is 1. The highest BCUT2D eigenvalue weighted by molar-refractivity contribution is 5.94. The molecule has 0 saturated heterocycles. The van der Waals surface area contributed by atoms with Crippen molar-refractivity contribution in [1.82, 2.24) is 5.32 Å². The summed E-state index contributed by atoms with van der Waals surface area (Å²) in [4.78, 5) is 23.7. The predicted octanol–water partition coefficient (Wildman–Crippen LogP) is 2.57. The molecule has 0 saturated carbocycles. The number of nitriles is 1. The Hall–Kier alpha value is -3.47. The smallest absolute Gasteiger partial charge is 0.313 e. The van der Waals surface area contributed by atoms with Crippen LogP contribution in [0.4, 0.5) is 8.78 Å². The van der Waals surface area contributed by atoms with E-state index in [1.165, 1.54) is 25.3 Å². The zero-order valence-electron chi connectivity index (χ0n) is 13.7. The van der Waals surface area contributed by atoms with Gasteiger partial charge >= 0.3 is 5.97 Å². The standard InChI is InChI=1S/C18H14F2N2O4/c1-25-16-8-11(10-21)2-5-15(16)26-17(23)6-7-22-18(24)13-4-3-12(19)9-14(13)20/h2-5,8-9H,6-7H2,1H3,(H,22,24). The molecule has 0 aliphatic heterocycles. The van der Waals surface area contributed by atoms with Crippen LogP contribution in [-0.4, -0.2) is 25.5 Å². The Labute approximate surface area is 148 Å². The van der Waals surface area contributed by atoms with Gasteiger partial charge in [0.05, 0.1) is 30.7 Å². The van der Waals surface area contributed by atoms with Crippen LogP contribution in [0.5, 0.6) is 11.5 Å². The summed E-state index contributed by atoms with van der Waals surface area (Å²) in [6.07, 6.45) is -0.183. The van der Waals surface area contributed by atoms with Crippen LogP contribution in [0.25, 0.3) is 0 Å². The fourth-order valence-corrected chi connectivity index (χ4v) is 2.04. The molecule has 0 fully saturated rings. The molecule has 26 heavy (non-hydrogen) atoms. The molecule has 0 radical (unpaired) electrons. The van der Waals surface area contributed by atoms with E-state index in [2.05, 4.69) is 5.32 Å². The number of halogens is 2. The van der Waals surface area contributed by atoms with Crippen LogP contribution in [0.2, 0.25) is 0 Å². The van der Waals surface area contributed by atoms with Gasteiger partial charge in [-0.3, -0.25) is 9.59 Å². The Balaban J connectivity index is 1.89. The summed E-state index contributed by atoms with van der Waals surface area (Å²) in [5.41, 5.74) is 0.0174. The summed E-state index contributed by atoms with van der Waals surface area (Å²) in [6, 6.07) is 8.80. The van der Waals surface area contributed by atoms with Crippen molar-refractivity contribution in [2.45, 2.75) is 6.42 Å². The summed E-state index contributed by atoms with van der Waals surface area (Å²) in [5, 5.41) is 11.2. The fraction of sp³-hybridized carbons (Fsp3) is 0.167. The number of carbonyl (C=O) groups excluding carboxylic acids is 2. The Morgan fingerprint density at radius 2 is 1.92 bits per heavy atom. The minimum atomic E-state index is -0.993. The maximum Gasteiger partial charge on any atom is 0.313 e. The lowest BCUT2D eigenvalue weighted by molar-refractivity contribution is -0.134. The third-order valence-electron chi connectivity index (χ3n) is 3.31.